The fraction of sp³-hybridized carbons (Fsp3) is 0.412. The minimum absolute atomic E-state index is 0.479. The molecule has 0 bridgehead atoms. The highest BCUT2D eigenvalue weighted by Gasteiger charge is 2.46. The monoisotopic (exact) mass is 364 g/mol. The topological polar surface area (TPSA) is 79.2 Å². The van der Waals surface area contributed by atoms with Gasteiger partial charge in [0.25, 0.3) is 0 Å². The lowest BCUT2D eigenvalue weighted by Gasteiger charge is -2.38. The van der Waals surface area contributed by atoms with E-state index in [1.165, 1.54) is 11.3 Å². The summed E-state index contributed by atoms with van der Waals surface area (Å²) in [4.78, 5) is 0.887. The van der Waals surface area contributed by atoms with Gasteiger partial charge in [-0.15, -0.1) is 11.3 Å². The summed E-state index contributed by atoms with van der Waals surface area (Å²) in [6.07, 6.45) is -7.04. The second-order valence-electron chi connectivity index (χ2n) is 5.90. The van der Waals surface area contributed by atoms with E-state index in [1.54, 1.807) is 18.2 Å². The van der Waals surface area contributed by atoms with Crippen molar-refractivity contribution in [2.45, 2.75) is 37.2 Å². The molecule has 2 heterocycles. The second-order valence-corrected chi connectivity index (χ2v) is 6.90. The molecule has 0 aliphatic carbocycles. The van der Waals surface area contributed by atoms with Crippen molar-refractivity contribution in [2.24, 2.45) is 0 Å². The van der Waals surface area contributed by atoms with Crippen LogP contribution >= 0.6 is 11.3 Å². The van der Waals surface area contributed by atoms with Gasteiger partial charge in [0.2, 0.25) is 6.29 Å². The molecule has 0 spiro atoms. The first-order valence-corrected chi connectivity index (χ1v) is 8.71. The molecular formula is C17H18BFO5S. The smallest absolute Gasteiger partial charge is 0.229 e. The first-order chi connectivity index (χ1) is 12.0. The molecule has 2 aromatic rings. The zero-order valence-corrected chi connectivity index (χ0v) is 14.1. The molecule has 5 nitrogen and oxygen atoms in total. The number of ether oxygens (including phenoxy) is 2. The van der Waals surface area contributed by atoms with E-state index in [-0.39, 0.29) is 0 Å². The van der Waals surface area contributed by atoms with Gasteiger partial charge in [0.15, 0.2) is 6.17 Å². The van der Waals surface area contributed by atoms with Crippen LogP contribution in [0.3, 0.4) is 0 Å². The summed E-state index contributed by atoms with van der Waals surface area (Å²) in [7, 11) is 5.68. The third-order valence-corrected chi connectivity index (χ3v) is 4.99. The molecule has 0 amide bonds. The van der Waals surface area contributed by atoms with E-state index in [0.29, 0.717) is 17.6 Å². The Morgan fingerprint density at radius 1 is 1.16 bits per heavy atom. The van der Waals surface area contributed by atoms with Crippen molar-refractivity contribution in [1.82, 2.24) is 0 Å². The third-order valence-electron chi connectivity index (χ3n) is 4.09. The molecule has 0 saturated carbocycles. The van der Waals surface area contributed by atoms with Gasteiger partial charge >= 0.3 is 0 Å². The molecule has 2 radical (unpaired) electrons. The summed E-state index contributed by atoms with van der Waals surface area (Å²) < 4.78 is 24.7. The Labute approximate surface area is 150 Å². The van der Waals surface area contributed by atoms with Crippen LogP contribution in [0.25, 0.3) is 0 Å². The summed E-state index contributed by atoms with van der Waals surface area (Å²) in [5.41, 5.74) is 1.71. The van der Waals surface area contributed by atoms with Crippen molar-refractivity contribution in [3.05, 3.63) is 46.2 Å². The normalized spacial score (nSPS) is 29.5. The Hall–Kier alpha value is -1.45. The molecule has 8 heteroatoms. The molecule has 5 atom stereocenters. The summed E-state index contributed by atoms with van der Waals surface area (Å²) in [6.45, 7) is -0.618. The van der Waals surface area contributed by atoms with Gasteiger partial charge in [-0.25, -0.2) is 4.39 Å². The van der Waals surface area contributed by atoms with E-state index < -0.39 is 37.4 Å². The fourth-order valence-electron chi connectivity index (χ4n) is 2.65. The van der Waals surface area contributed by atoms with Crippen LogP contribution in [0.2, 0.25) is 0 Å². The van der Waals surface area contributed by atoms with Crippen molar-refractivity contribution in [2.75, 3.05) is 6.61 Å². The first kappa shape index (κ1) is 18.3. The second kappa shape index (κ2) is 7.84. The van der Waals surface area contributed by atoms with Gasteiger partial charge in [-0.2, -0.15) is 0 Å². The van der Waals surface area contributed by atoms with Gasteiger partial charge in [0, 0.05) is 6.42 Å². The van der Waals surface area contributed by atoms with Crippen molar-refractivity contribution in [1.29, 1.82) is 0 Å². The minimum atomic E-state index is -1.88. The van der Waals surface area contributed by atoms with Crippen molar-refractivity contribution in [3.8, 4) is 5.75 Å². The number of hydrogen-bond acceptors (Lipinski definition) is 6. The quantitative estimate of drug-likeness (QED) is 0.665. The van der Waals surface area contributed by atoms with Crippen molar-refractivity contribution in [3.63, 3.8) is 0 Å². The van der Waals surface area contributed by atoms with Crippen LogP contribution < -0.4 is 10.2 Å². The number of aliphatic hydroxyl groups excluding tert-OH is 3. The Morgan fingerprint density at radius 2 is 1.88 bits per heavy atom. The number of hydrogen-bond donors (Lipinski definition) is 3. The summed E-state index contributed by atoms with van der Waals surface area (Å²) in [5.74, 6) is 0.479. The maximum atomic E-state index is 13.8. The van der Waals surface area contributed by atoms with E-state index in [9.17, 15) is 14.6 Å². The number of benzene rings is 1. The number of alkyl halides is 1. The average molecular weight is 364 g/mol. The minimum Gasteiger partial charge on any atom is -0.461 e. The average Bonchev–Trinajstić information content (AvgIpc) is 3.04. The van der Waals surface area contributed by atoms with Crippen LogP contribution in [0.4, 0.5) is 4.39 Å². The number of aliphatic hydroxyl groups is 3. The van der Waals surface area contributed by atoms with E-state index >= 15 is 0 Å². The maximum Gasteiger partial charge on any atom is 0.229 e. The molecule has 25 heavy (non-hydrogen) atoms. The standard InChI is InChI=1S/C17H18BFO5S/c18-10-3-1-9(2-4-10)7-13-11(5-6-25-13)23-17-16(22)15(21)14(19)12(8-20)24-17/h1-6,12,14-17,20-22H,7-8H2. The molecule has 1 aromatic carbocycles. The Bertz CT molecular complexity index is 693. The summed E-state index contributed by atoms with van der Waals surface area (Å²) in [5, 5.41) is 30.8. The molecule has 1 saturated heterocycles. The molecule has 1 fully saturated rings. The highest BCUT2D eigenvalue weighted by atomic mass is 32.1. The zero-order chi connectivity index (χ0) is 18.0. The number of rotatable bonds is 5. The zero-order valence-electron chi connectivity index (χ0n) is 13.3. The van der Waals surface area contributed by atoms with E-state index in [4.69, 9.17) is 22.4 Å². The van der Waals surface area contributed by atoms with Crippen LogP contribution in [0.1, 0.15) is 10.4 Å². The highest BCUT2D eigenvalue weighted by Crippen LogP contribution is 2.31. The molecule has 5 unspecified atom stereocenters. The van der Waals surface area contributed by atoms with Gasteiger partial charge in [-0.3, -0.25) is 0 Å². The largest absolute Gasteiger partial charge is 0.461 e. The highest BCUT2D eigenvalue weighted by molar-refractivity contribution is 7.10. The van der Waals surface area contributed by atoms with Crippen LogP contribution in [0.15, 0.2) is 35.7 Å². The lowest BCUT2D eigenvalue weighted by atomic mass is 9.95. The van der Waals surface area contributed by atoms with E-state index in [1.807, 2.05) is 17.5 Å². The van der Waals surface area contributed by atoms with Gasteiger partial charge in [-0.05, 0) is 17.0 Å². The molecule has 1 aliphatic heterocycles. The fourth-order valence-corrected chi connectivity index (χ4v) is 3.49. The predicted molar refractivity (Wildman–Crippen MR) is 92.2 cm³/mol. The number of halogens is 1. The molecule has 1 aromatic heterocycles. The van der Waals surface area contributed by atoms with E-state index in [2.05, 4.69) is 0 Å². The first-order valence-electron chi connectivity index (χ1n) is 7.83. The Morgan fingerprint density at radius 3 is 2.56 bits per heavy atom. The molecule has 132 valence electrons. The van der Waals surface area contributed by atoms with Crippen LogP contribution in [-0.2, 0) is 11.2 Å². The maximum absolute atomic E-state index is 13.8. The van der Waals surface area contributed by atoms with Gasteiger partial charge < -0.3 is 24.8 Å². The van der Waals surface area contributed by atoms with Crippen LogP contribution in [0.5, 0.6) is 5.75 Å². The number of thiophene rings is 1. The van der Waals surface area contributed by atoms with E-state index in [0.717, 1.165) is 10.4 Å². The lowest BCUT2D eigenvalue weighted by Crippen LogP contribution is -2.58. The Kier molecular flexibility index (Phi) is 5.76. The molecule has 3 rings (SSSR count). The third kappa shape index (κ3) is 4.04. The van der Waals surface area contributed by atoms with Crippen LogP contribution in [-0.4, -0.2) is 60.5 Å². The van der Waals surface area contributed by atoms with Gasteiger partial charge in [-0.1, -0.05) is 29.7 Å². The van der Waals surface area contributed by atoms with Crippen molar-refractivity contribution < 1.29 is 29.2 Å². The molecule has 3 N–H and O–H groups in total. The predicted octanol–water partition coefficient (Wildman–Crippen LogP) is 0.289. The van der Waals surface area contributed by atoms with Gasteiger partial charge in [0.05, 0.1) is 11.5 Å². The summed E-state index contributed by atoms with van der Waals surface area (Å²) in [6, 6.07) is 9.14. The molecular weight excluding hydrogens is 346 g/mol. The SMILES string of the molecule is [B]c1ccc(Cc2sccc2OC2OC(CO)C(F)C(O)C2O)cc1. The van der Waals surface area contributed by atoms with Crippen molar-refractivity contribution >= 4 is 24.6 Å². The lowest BCUT2D eigenvalue weighted by molar-refractivity contribution is -0.265. The van der Waals surface area contributed by atoms with Crippen LogP contribution in [0, 0.1) is 0 Å². The molecule has 1 aliphatic rings. The summed E-state index contributed by atoms with van der Waals surface area (Å²) >= 11 is 1.47. The Balaban J connectivity index is 1.73. The van der Waals surface area contributed by atoms with Gasteiger partial charge in [0.1, 0.15) is 31.9 Å².